The molecule has 0 unspecified atom stereocenters. The molecule has 0 spiro atoms. The Morgan fingerprint density at radius 3 is 2.40 bits per heavy atom. The molecule has 1 fully saturated rings. The van der Waals surface area contributed by atoms with Crippen LogP contribution in [0, 0.1) is 17.0 Å². The van der Waals surface area contributed by atoms with Gasteiger partial charge in [-0.05, 0) is 48.9 Å². The highest BCUT2D eigenvalue weighted by Crippen LogP contribution is 2.36. The normalized spacial score (nSPS) is 14.2. The summed E-state index contributed by atoms with van der Waals surface area (Å²) in [4.78, 5) is 51.2. The zero-order valence-corrected chi connectivity index (χ0v) is 22.8. The zero-order valence-electron chi connectivity index (χ0n) is 21.1. The number of thioether (sulfide) groups is 1. The van der Waals surface area contributed by atoms with Gasteiger partial charge in [-0.3, -0.25) is 29.3 Å². The zero-order chi connectivity index (χ0) is 28.6. The number of hydrogen-bond acceptors (Lipinski definition) is 8. The maximum absolute atomic E-state index is 13.4. The number of carbonyl (C=O) groups excluding carboxylic acids is 2. The van der Waals surface area contributed by atoms with Crippen LogP contribution in [0.4, 0.5) is 11.4 Å². The van der Waals surface area contributed by atoms with Crippen molar-refractivity contribution < 1.29 is 19.2 Å². The van der Waals surface area contributed by atoms with Gasteiger partial charge in [0.2, 0.25) is 0 Å². The molecule has 10 nitrogen and oxygen atoms in total. The van der Waals surface area contributed by atoms with Gasteiger partial charge in [-0.25, -0.2) is 9.48 Å². The van der Waals surface area contributed by atoms with Crippen LogP contribution >= 0.6 is 24.0 Å². The minimum atomic E-state index is -0.739. The lowest BCUT2D eigenvalue weighted by Gasteiger charge is -2.12. The summed E-state index contributed by atoms with van der Waals surface area (Å²) in [6, 6.07) is 20.8. The molecule has 0 atom stereocenters. The maximum Gasteiger partial charge on any atom is 0.343 e. The molecule has 5 rings (SSSR count). The van der Waals surface area contributed by atoms with Crippen molar-refractivity contribution in [1.29, 1.82) is 0 Å². The highest BCUT2D eigenvalue weighted by molar-refractivity contribution is 8.27. The summed E-state index contributed by atoms with van der Waals surface area (Å²) in [6.45, 7) is 1.76. The van der Waals surface area contributed by atoms with Gasteiger partial charge in [-0.15, -0.1) is 0 Å². The van der Waals surface area contributed by atoms with Gasteiger partial charge in [0.25, 0.3) is 17.2 Å². The first-order valence-electron chi connectivity index (χ1n) is 11.8. The van der Waals surface area contributed by atoms with Crippen LogP contribution in [0.15, 0.2) is 88.6 Å². The molecule has 0 radical (unpaired) electrons. The first kappa shape index (κ1) is 26.8. The molecule has 200 valence electrons. The van der Waals surface area contributed by atoms with Gasteiger partial charge in [0.1, 0.15) is 11.4 Å². The summed E-state index contributed by atoms with van der Waals surface area (Å²) in [5.41, 5.74) is 1.55. The van der Waals surface area contributed by atoms with E-state index in [4.69, 9.17) is 17.0 Å². The number of nitro benzene ring substituents is 1. The molecule has 12 heteroatoms. The van der Waals surface area contributed by atoms with E-state index in [1.165, 1.54) is 27.8 Å². The number of non-ortho nitro benzene ring substituents is 1. The second kappa shape index (κ2) is 10.8. The van der Waals surface area contributed by atoms with Crippen molar-refractivity contribution in [2.75, 3.05) is 4.90 Å². The third kappa shape index (κ3) is 4.97. The minimum absolute atomic E-state index is 0.0458. The number of benzene rings is 3. The van der Waals surface area contributed by atoms with Crippen LogP contribution in [0.25, 0.3) is 11.8 Å². The molecule has 4 aromatic rings. The summed E-state index contributed by atoms with van der Waals surface area (Å²) in [5.74, 6) is -0.929. The molecule has 40 heavy (non-hydrogen) atoms. The van der Waals surface area contributed by atoms with Crippen molar-refractivity contribution in [3.05, 3.63) is 121 Å². The number of rotatable bonds is 6. The van der Waals surface area contributed by atoms with E-state index in [2.05, 4.69) is 0 Å². The SMILES string of the molecule is Cc1c(N2C(=O)/C(=C\c3ccc(OC(=O)c4cccc([N+](=O)[O-])c4)cc3)SC2=S)c(=O)n(-c2ccccc2)n1C. The maximum atomic E-state index is 13.4. The van der Waals surface area contributed by atoms with Gasteiger partial charge in [-0.1, -0.05) is 60.4 Å². The van der Waals surface area contributed by atoms with E-state index in [9.17, 15) is 24.5 Å². The van der Waals surface area contributed by atoms with Gasteiger partial charge in [0.15, 0.2) is 4.32 Å². The molecular formula is C28H20N4O6S2. The highest BCUT2D eigenvalue weighted by Gasteiger charge is 2.37. The Labute approximate surface area is 237 Å². The number of carbonyl (C=O) groups is 2. The topological polar surface area (TPSA) is 117 Å². The Morgan fingerprint density at radius 2 is 1.73 bits per heavy atom. The lowest BCUT2D eigenvalue weighted by atomic mass is 10.2. The van der Waals surface area contributed by atoms with E-state index >= 15 is 0 Å². The fourth-order valence-electron chi connectivity index (χ4n) is 4.17. The average Bonchev–Trinajstić information content (AvgIpc) is 3.34. The first-order chi connectivity index (χ1) is 19.2. The molecule has 0 aliphatic carbocycles. The predicted molar refractivity (Wildman–Crippen MR) is 156 cm³/mol. The van der Waals surface area contributed by atoms with Gasteiger partial charge in [0.05, 0.1) is 26.8 Å². The number of thiocarbonyl (C=S) groups is 1. The van der Waals surface area contributed by atoms with Gasteiger partial charge >= 0.3 is 5.97 Å². The van der Waals surface area contributed by atoms with E-state index in [1.54, 1.807) is 61.1 Å². The quantitative estimate of drug-likeness (QED) is 0.0790. The average molecular weight is 573 g/mol. The van der Waals surface area contributed by atoms with Gasteiger partial charge < -0.3 is 4.74 Å². The standard InChI is InChI=1S/C28H20N4O6S2/c1-17-24(26(34)31(29(17)2)20-8-4-3-5-9-20)30-25(33)23(40-28(30)39)15-18-11-13-22(14-12-18)38-27(35)19-7-6-10-21(16-19)32(36)37/h3-16H,1-2H3/b23-15+. The molecule has 1 aliphatic rings. The predicted octanol–water partition coefficient (Wildman–Crippen LogP) is 5.02. The van der Waals surface area contributed by atoms with Crippen molar-refractivity contribution in [1.82, 2.24) is 9.36 Å². The van der Waals surface area contributed by atoms with Crippen LogP contribution in [0.5, 0.6) is 5.75 Å². The Morgan fingerprint density at radius 1 is 1.02 bits per heavy atom. The number of esters is 1. The molecule has 0 N–H and O–H groups in total. The minimum Gasteiger partial charge on any atom is -0.423 e. The van der Waals surface area contributed by atoms with E-state index in [1.807, 2.05) is 18.2 Å². The third-order valence-corrected chi connectivity index (χ3v) is 7.52. The van der Waals surface area contributed by atoms with Gasteiger partial charge in [-0.2, -0.15) is 0 Å². The molecular weight excluding hydrogens is 552 g/mol. The number of para-hydroxylation sites is 1. The van der Waals surface area contributed by atoms with E-state index < -0.39 is 16.8 Å². The Bertz CT molecular complexity index is 1770. The lowest BCUT2D eigenvalue weighted by Crippen LogP contribution is -2.33. The van der Waals surface area contributed by atoms with Crippen LogP contribution in [0.2, 0.25) is 0 Å². The van der Waals surface area contributed by atoms with Crippen molar-refractivity contribution >= 4 is 57.6 Å². The van der Waals surface area contributed by atoms with E-state index in [-0.39, 0.29) is 32.6 Å². The lowest BCUT2D eigenvalue weighted by molar-refractivity contribution is -0.384. The number of amides is 1. The molecule has 1 amide bonds. The molecule has 0 bridgehead atoms. The largest absolute Gasteiger partial charge is 0.423 e. The summed E-state index contributed by atoms with van der Waals surface area (Å²) < 4.78 is 8.74. The third-order valence-electron chi connectivity index (χ3n) is 6.22. The number of nitro groups is 1. The first-order valence-corrected chi connectivity index (χ1v) is 13.1. The number of hydrogen-bond donors (Lipinski definition) is 0. The summed E-state index contributed by atoms with van der Waals surface area (Å²) in [6.07, 6.45) is 1.64. The molecule has 2 heterocycles. The van der Waals surface area contributed by atoms with Crippen molar-refractivity contribution in [3.8, 4) is 11.4 Å². The van der Waals surface area contributed by atoms with Crippen LogP contribution in [-0.4, -0.2) is 30.5 Å². The summed E-state index contributed by atoms with van der Waals surface area (Å²) in [7, 11) is 1.74. The summed E-state index contributed by atoms with van der Waals surface area (Å²) in [5, 5.41) is 11.0. The molecule has 1 saturated heterocycles. The Kier molecular flexibility index (Phi) is 7.20. The fraction of sp³-hybridized carbons (Fsp3) is 0.0714. The van der Waals surface area contributed by atoms with E-state index in [0.717, 1.165) is 17.8 Å². The number of anilines is 1. The number of aromatic nitrogens is 2. The molecule has 3 aromatic carbocycles. The summed E-state index contributed by atoms with van der Waals surface area (Å²) >= 11 is 6.58. The van der Waals surface area contributed by atoms with Crippen molar-refractivity contribution in [2.45, 2.75) is 6.92 Å². The van der Waals surface area contributed by atoms with Gasteiger partial charge in [0, 0.05) is 19.2 Å². The molecule has 1 aliphatic heterocycles. The second-order valence-electron chi connectivity index (χ2n) is 8.69. The van der Waals surface area contributed by atoms with Crippen LogP contribution < -0.4 is 15.2 Å². The van der Waals surface area contributed by atoms with E-state index in [0.29, 0.717) is 21.8 Å². The molecule has 0 saturated carbocycles. The number of ether oxygens (including phenoxy) is 1. The van der Waals surface area contributed by atoms with Crippen LogP contribution in [0.3, 0.4) is 0 Å². The Hall–Kier alpha value is -4.81. The van der Waals surface area contributed by atoms with Crippen LogP contribution in [0.1, 0.15) is 21.6 Å². The second-order valence-corrected chi connectivity index (χ2v) is 10.4. The Balaban J connectivity index is 1.36. The van der Waals surface area contributed by atoms with Crippen molar-refractivity contribution in [2.24, 2.45) is 7.05 Å². The van der Waals surface area contributed by atoms with Crippen molar-refractivity contribution in [3.63, 3.8) is 0 Å². The molecule has 1 aromatic heterocycles. The smallest absolute Gasteiger partial charge is 0.343 e. The number of nitrogens with zero attached hydrogens (tertiary/aromatic N) is 4. The fourth-order valence-corrected chi connectivity index (χ4v) is 5.44. The highest BCUT2D eigenvalue weighted by atomic mass is 32.2. The monoisotopic (exact) mass is 572 g/mol. The van der Waals surface area contributed by atoms with Crippen LogP contribution in [-0.2, 0) is 11.8 Å².